The molecule has 2 aromatic heterocycles. The highest BCUT2D eigenvalue weighted by Gasteiger charge is 2.16. The molecule has 4 rings (SSSR count). The number of fused-ring (bicyclic) bond motifs is 1. The first kappa shape index (κ1) is 15.3. The van der Waals surface area contributed by atoms with Crippen molar-refractivity contribution in [2.75, 3.05) is 0 Å². The lowest BCUT2D eigenvalue weighted by Gasteiger charge is -1.99. The van der Waals surface area contributed by atoms with E-state index >= 15 is 0 Å². The van der Waals surface area contributed by atoms with Gasteiger partial charge in [-0.05, 0) is 17.7 Å². The van der Waals surface area contributed by atoms with Crippen LogP contribution in [0.3, 0.4) is 0 Å². The first-order chi connectivity index (χ1) is 12.3. The predicted octanol–water partition coefficient (Wildman–Crippen LogP) is 4.33. The number of nitrogens with zero attached hydrogens (tertiary/aromatic N) is 3. The molecule has 25 heavy (non-hydrogen) atoms. The number of aromatic nitrogens is 3. The van der Waals surface area contributed by atoms with E-state index in [9.17, 15) is 4.79 Å². The quantitative estimate of drug-likeness (QED) is 0.504. The summed E-state index contributed by atoms with van der Waals surface area (Å²) in [7, 11) is 0. The zero-order valence-corrected chi connectivity index (χ0v) is 13.9. The van der Waals surface area contributed by atoms with E-state index in [2.05, 4.69) is 11.6 Å². The second-order valence-corrected chi connectivity index (χ2v) is 6.13. The molecule has 0 amide bonds. The maximum absolute atomic E-state index is 10.5. The third-order valence-corrected chi connectivity index (χ3v) is 4.60. The smallest absolute Gasteiger partial charge is 0.299 e. The van der Waals surface area contributed by atoms with E-state index in [0.29, 0.717) is 11.6 Å². The third kappa shape index (κ3) is 2.72. The normalized spacial score (nSPS) is 10.7. The fourth-order valence-electron chi connectivity index (χ4n) is 2.66. The molecule has 2 heterocycles. The van der Waals surface area contributed by atoms with Crippen LogP contribution in [0.4, 0.5) is 0 Å². The topological polar surface area (TPSA) is 57.0 Å². The molecule has 0 aliphatic carbocycles. The maximum atomic E-state index is 10.5. The first-order valence-electron chi connectivity index (χ1n) is 7.57. The average molecular weight is 347 g/mol. The van der Waals surface area contributed by atoms with Crippen LogP contribution >= 0.6 is 11.3 Å². The molecular formula is C19H13N3O2S. The fourth-order valence-corrected chi connectivity index (χ4v) is 3.36. The highest BCUT2D eigenvalue weighted by molar-refractivity contribution is 7.12. The third-order valence-electron chi connectivity index (χ3n) is 3.81. The molecule has 122 valence electrons. The summed E-state index contributed by atoms with van der Waals surface area (Å²) in [5, 5.41) is 8.09. The Morgan fingerprint density at radius 1 is 1.16 bits per heavy atom. The van der Waals surface area contributed by atoms with Crippen molar-refractivity contribution >= 4 is 34.8 Å². The van der Waals surface area contributed by atoms with Crippen LogP contribution in [0.2, 0.25) is 0 Å². The standard InChI is InChI=1S/C19H13N3O2S/c1-2-13-8-9-15-16(10-13)22(19-20-17(11-25-19)24-12-23)21-18(15)14-6-4-3-5-7-14/h2-12H,1H2. The summed E-state index contributed by atoms with van der Waals surface area (Å²) in [5.41, 5.74) is 3.82. The number of thiazole rings is 1. The Bertz CT molecular complexity index is 1070. The Kier molecular flexibility index (Phi) is 3.87. The fraction of sp³-hybridized carbons (Fsp3) is 0. The van der Waals surface area contributed by atoms with E-state index in [-0.39, 0.29) is 5.88 Å². The minimum atomic E-state index is 0.264. The molecule has 0 atom stereocenters. The number of hydrogen-bond donors (Lipinski definition) is 0. The van der Waals surface area contributed by atoms with Gasteiger partial charge in [0.2, 0.25) is 11.0 Å². The van der Waals surface area contributed by atoms with Gasteiger partial charge in [0.1, 0.15) is 5.69 Å². The van der Waals surface area contributed by atoms with Gasteiger partial charge in [0, 0.05) is 10.9 Å². The van der Waals surface area contributed by atoms with Crippen molar-refractivity contribution < 1.29 is 9.53 Å². The lowest BCUT2D eigenvalue weighted by Crippen LogP contribution is -1.97. The van der Waals surface area contributed by atoms with Crippen LogP contribution in [0, 0.1) is 0 Å². The number of benzene rings is 2. The van der Waals surface area contributed by atoms with Gasteiger partial charge in [-0.2, -0.15) is 10.1 Å². The van der Waals surface area contributed by atoms with Gasteiger partial charge in [-0.1, -0.05) is 60.4 Å². The van der Waals surface area contributed by atoms with Crippen molar-refractivity contribution in [1.82, 2.24) is 14.8 Å². The Morgan fingerprint density at radius 2 is 2.00 bits per heavy atom. The Morgan fingerprint density at radius 3 is 2.76 bits per heavy atom. The van der Waals surface area contributed by atoms with E-state index in [1.54, 1.807) is 16.1 Å². The van der Waals surface area contributed by atoms with E-state index in [4.69, 9.17) is 9.84 Å². The molecule has 0 bridgehead atoms. The molecule has 0 N–H and O–H groups in total. The van der Waals surface area contributed by atoms with E-state index in [1.807, 2.05) is 48.5 Å². The second kappa shape index (κ2) is 6.33. The summed E-state index contributed by atoms with van der Waals surface area (Å²) < 4.78 is 6.59. The van der Waals surface area contributed by atoms with Gasteiger partial charge in [-0.3, -0.25) is 4.79 Å². The zero-order valence-electron chi connectivity index (χ0n) is 13.1. The van der Waals surface area contributed by atoms with Gasteiger partial charge < -0.3 is 4.74 Å². The summed E-state index contributed by atoms with van der Waals surface area (Å²) in [5.74, 6) is 0.264. The Balaban J connectivity index is 1.96. The Labute approximate surface area is 147 Å². The van der Waals surface area contributed by atoms with E-state index in [0.717, 1.165) is 27.7 Å². The van der Waals surface area contributed by atoms with E-state index < -0.39 is 0 Å². The molecule has 5 nitrogen and oxygen atoms in total. The van der Waals surface area contributed by atoms with Gasteiger partial charge in [0.15, 0.2) is 0 Å². The molecule has 0 unspecified atom stereocenters. The van der Waals surface area contributed by atoms with Gasteiger partial charge >= 0.3 is 0 Å². The zero-order chi connectivity index (χ0) is 17.2. The molecule has 0 radical (unpaired) electrons. The molecule has 0 aliphatic rings. The molecule has 0 saturated heterocycles. The van der Waals surface area contributed by atoms with Crippen LogP contribution in [0.1, 0.15) is 5.56 Å². The number of hydrogen-bond acceptors (Lipinski definition) is 5. The number of ether oxygens (including phenoxy) is 1. The number of carbonyl (C=O) groups excluding carboxylic acids is 1. The Hall–Kier alpha value is -3.25. The summed E-state index contributed by atoms with van der Waals surface area (Å²) >= 11 is 1.36. The van der Waals surface area contributed by atoms with Crippen LogP contribution in [0.5, 0.6) is 5.88 Å². The number of carbonyl (C=O) groups is 1. The molecular weight excluding hydrogens is 334 g/mol. The SMILES string of the molecule is C=Cc1ccc2c(-c3ccccc3)nn(-c3nc(OC=O)cs3)c2c1. The molecule has 4 aromatic rings. The summed E-state index contributed by atoms with van der Waals surface area (Å²) in [6.45, 7) is 4.20. The van der Waals surface area contributed by atoms with Crippen molar-refractivity contribution in [2.45, 2.75) is 0 Å². The lowest BCUT2D eigenvalue weighted by atomic mass is 10.1. The van der Waals surface area contributed by atoms with Crippen molar-refractivity contribution in [2.24, 2.45) is 0 Å². The summed E-state index contributed by atoms with van der Waals surface area (Å²) in [6, 6.07) is 16.1. The van der Waals surface area contributed by atoms with Gasteiger partial charge in [-0.15, -0.1) is 0 Å². The molecule has 0 aliphatic heterocycles. The molecule has 0 saturated carbocycles. The summed E-state index contributed by atoms with van der Waals surface area (Å²) in [6.07, 6.45) is 1.79. The molecule has 2 aromatic carbocycles. The van der Waals surface area contributed by atoms with Crippen LogP contribution in [-0.4, -0.2) is 21.2 Å². The number of rotatable bonds is 5. The lowest BCUT2D eigenvalue weighted by molar-refractivity contribution is -0.120. The van der Waals surface area contributed by atoms with Crippen LogP contribution in [-0.2, 0) is 4.79 Å². The first-order valence-corrected chi connectivity index (χ1v) is 8.45. The van der Waals surface area contributed by atoms with Crippen molar-refractivity contribution in [1.29, 1.82) is 0 Å². The summed E-state index contributed by atoms with van der Waals surface area (Å²) in [4.78, 5) is 14.8. The maximum Gasteiger partial charge on any atom is 0.299 e. The predicted molar refractivity (Wildman–Crippen MR) is 99.0 cm³/mol. The van der Waals surface area contributed by atoms with Crippen LogP contribution in [0.25, 0.3) is 33.4 Å². The molecule has 0 fully saturated rings. The minimum absolute atomic E-state index is 0.264. The highest BCUT2D eigenvalue weighted by Crippen LogP contribution is 2.32. The van der Waals surface area contributed by atoms with Gasteiger partial charge in [0.25, 0.3) is 6.47 Å². The molecule has 6 heteroatoms. The van der Waals surface area contributed by atoms with Crippen molar-refractivity contribution in [3.05, 3.63) is 66.1 Å². The monoisotopic (exact) mass is 347 g/mol. The highest BCUT2D eigenvalue weighted by atomic mass is 32.1. The van der Waals surface area contributed by atoms with Crippen LogP contribution < -0.4 is 4.74 Å². The van der Waals surface area contributed by atoms with E-state index in [1.165, 1.54) is 11.3 Å². The molecule has 0 spiro atoms. The average Bonchev–Trinajstić information content (AvgIpc) is 3.26. The van der Waals surface area contributed by atoms with Gasteiger partial charge in [-0.25, -0.2) is 4.68 Å². The van der Waals surface area contributed by atoms with Crippen molar-refractivity contribution in [3.63, 3.8) is 0 Å². The largest absolute Gasteiger partial charge is 0.409 e. The minimum Gasteiger partial charge on any atom is -0.409 e. The second-order valence-electron chi connectivity index (χ2n) is 5.29. The van der Waals surface area contributed by atoms with Crippen LogP contribution in [0.15, 0.2) is 60.5 Å². The van der Waals surface area contributed by atoms with Crippen molar-refractivity contribution in [3.8, 4) is 22.3 Å². The van der Waals surface area contributed by atoms with Gasteiger partial charge in [0.05, 0.1) is 10.9 Å².